The molecule has 0 aromatic heterocycles. The Bertz CT molecular complexity index is 549. The van der Waals surface area contributed by atoms with E-state index >= 15 is 0 Å². The summed E-state index contributed by atoms with van der Waals surface area (Å²) in [4.78, 5) is 0. The van der Waals surface area contributed by atoms with Gasteiger partial charge in [0.05, 0.1) is 5.60 Å². The Labute approximate surface area is 117 Å². The van der Waals surface area contributed by atoms with E-state index < -0.39 is 5.60 Å². The molecule has 1 atom stereocenters. The van der Waals surface area contributed by atoms with Gasteiger partial charge in [-0.3, -0.25) is 0 Å². The molecule has 0 aliphatic carbocycles. The first-order chi connectivity index (χ1) is 9.03. The summed E-state index contributed by atoms with van der Waals surface area (Å²) in [6.07, 6.45) is 0.494. The van der Waals surface area contributed by atoms with Gasteiger partial charge < -0.3 is 5.11 Å². The lowest BCUT2D eigenvalue weighted by molar-refractivity contribution is 0.0540. The van der Waals surface area contributed by atoms with Gasteiger partial charge in [0, 0.05) is 5.88 Å². The van der Waals surface area contributed by atoms with Gasteiger partial charge in [-0.05, 0) is 42.2 Å². The van der Waals surface area contributed by atoms with Gasteiger partial charge in [0.1, 0.15) is 5.82 Å². The fraction of sp³-hybridized carbons (Fsp3) is 0.250. The highest BCUT2D eigenvalue weighted by molar-refractivity contribution is 6.17. The maximum atomic E-state index is 13.2. The summed E-state index contributed by atoms with van der Waals surface area (Å²) in [5.74, 6) is 0.147. The average molecular weight is 279 g/mol. The normalized spacial score (nSPS) is 14.1. The van der Waals surface area contributed by atoms with Gasteiger partial charge in [0.2, 0.25) is 0 Å². The highest BCUT2D eigenvalue weighted by atomic mass is 35.5. The number of aliphatic hydroxyl groups is 1. The number of hydrogen-bond donors (Lipinski definition) is 1. The van der Waals surface area contributed by atoms with E-state index in [1.54, 1.807) is 13.0 Å². The van der Waals surface area contributed by atoms with Gasteiger partial charge in [-0.2, -0.15) is 0 Å². The smallest absolute Gasteiger partial charge is 0.123 e. The fourth-order valence-electron chi connectivity index (χ4n) is 2.02. The maximum Gasteiger partial charge on any atom is 0.123 e. The molecule has 0 amide bonds. The van der Waals surface area contributed by atoms with Crippen molar-refractivity contribution in [2.75, 3.05) is 5.88 Å². The van der Waals surface area contributed by atoms with E-state index in [1.807, 2.05) is 30.3 Å². The Kier molecular flexibility index (Phi) is 4.23. The van der Waals surface area contributed by atoms with Crippen LogP contribution in [0.4, 0.5) is 4.39 Å². The Morgan fingerprint density at radius 2 is 1.79 bits per heavy atom. The molecule has 2 rings (SSSR count). The molecule has 1 unspecified atom stereocenters. The summed E-state index contributed by atoms with van der Waals surface area (Å²) in [6.45, 7) is 1.74. The topological polar surface area (TPSA) is 20.2 Å². The summed E-state index contributed by atoms with van der Waals surface area (Å²) in [6, 6.07) is 13.9. The van der Waals surface area contributed by atoms with Crippen LogP contribution >= 0.6 is 11.6 Å². The Morgan fingerprint density at radius 1 is 1.11 bits per heavy atom. The number of hydrogen-bond acceptors (Lipinski definition) is 1. The fourth-order valence-corrected chi connectivity index (χ4v) is 2.39. The van der Waals surface area contributed by atoms with E-state index in [2.05, 4.69) is 0 Å². The first kappa shape index (κ1) is 14.0. The minimum Gasteiger partial charge on any atom is -0.385 e. The monoisotopic (exact) mass is 278 g/mol. The second-order valence-electron chi connectivity index (χ2n) is 4.80. The van der Waals surface area contributed by atoms with E-state index in [9.17, 15) is 9.50 Å². The molecule has 0 saturated heterocycles. The van der Waals surface area contributed by atoms with E-state index in [0.717, 1.165) is 16.7 Å². The van der Waals surface area contributed by atoms with Crippen LogP contribution in [0.15, 0.2) is 48.5 Å². The lowest BCUT2D eigenvalue weighted by atomic mass is 9.92. The molecule has 0 bridgehead atoms. The lowest BCUT2D eigenvalue weighted by Gasteiger charge is -2.23. The van der Waals surface area contributed by atoms with Crippen molar-refractivity contribution in [3.63, 3.8) is 0 Å². The maximum absolute atomic E-state index is 13.2. The zero-order valence-electron chi connectivity index (χ0n) is 10.7. The predicted molar refractivity (Wildman–Crippen MR) is 76.7 cm³/mol. The van der Waals surface area contributed by atoms with E-state index in [-0.39, 0.29) is 5.82 Å². The number of benzene rings is 2. The second kappa shape index (κ2) is 5.72. The van der Waals surface area contributed by atoms with Crippen LogP contribution in [-0.2, 0) is 5.60 Å². The van der Waals surface area contributed by atoms with Gasteiger partial charge in [0.25, 0.3) is 0 Å². The molecule has 0 aliphatic rings. The SMILES string of the molecule is CC(O)(CCCl)c1ccc(-c2cccc(F)c2)cc1. The molecule has 19 heavy (non-hydrogen) atoms. The highest BCUT2D eigenvalue weighted by Crippen LogP contribution is 2.28. The van der Waals surface area contributed by atoms with Crippen LogP contribution in [0.25, 0.3) is 11.1 Å². The summed E-state index contributed by atoms with van der Waals surface area (Å²) < 4.78 is 13.2. The van der Waals surface area contributed by atoms with Crippen molar-refractivity contribution in [3.8, 4) is 11.1 Å². The summed E-state index contributed by atoms with van der Waals surface area (Å²) >= 11 is 5.68. The largest absolute Gasteiger partial charge is 0.385 e. The zero-order valence-corrected chi connectivity index (χ0v) is 11.5. The van der Waals surface area contributed by atoms with E-state index in [1.165, 1.54) is 12.1 Å². The number of halogens is 2. The van der Waals surface area contributed by atoms with Crippen molar-refractivity contribution >= 4 is 11.6 Å². The molecule has 1 N–H and O–H groups in total. The van der Waals surface area contributed by atoms with Crippen LogP contribution in [-0.4, -0.2) is 11.0 Å². The molecule has 0 radical (unpaired) electrons. The molecule has 0 heterocycles. The molecule has 2 aromatic carbocycles. The Morgan fingerprint density at radius 3 is 2.37 bits per heavy atom. The molecule has 0 aliphatic heterocycles. The van der Waals surface area contributed by atoms with Gasteiger partial charge in [-0.25, -0.2) is 4.39 Å². The van der Waals surface area contributed by atoms with Gasteiger partial charge in [0.15, 0.2) is 0 Å². The Hall–Kier alpha value is -1.38. The third kappa shape index (κ3) is 3.34. The predicted octanol–water partition coefficient (Wildman–Crippen LogP) is 4.33. The summed E-state index contributed by atoms with van der Waals surface area (Å²) in [5, 5.41) is 10.2. The van der Waals surface area contributed by atoms with Crippen molar-refractivity contribution in [1.29, 1.82) is 0 Å². The number of rotatable bonds is 4. The minimum atomic E-state index is -0.928. The van der Waals surface area contributed by atoms with Crippen LogP contribution in [0.1, 0.15) is 18.9 Å². The van der Waals surface area contributed by atoms with E-state index in [4.69, 9.17) is 11.6 Å². The molecule has 0 saturated carbocycles. The van der Waals surface area contributed by atoms with Gasteiger partial charge >= 0.3 is 0 Å². The zero-order chi connectivity index (χ0) is 13.9. The van der Waals surface area contributed by atoms with Crippen molar-refractivity contribution in [2.24, 2.45) is 0 Å². The van der Waals surface area contributed by atoms with Crippen LogP contribution in [0.3, 0.4) is 0 Å². The molecule has 0 spiro atoms. The molecular formula is C16H16ClFO. The molecule has 1 nitrogen and oxygen atoms in total. The third-order valence-corrected chi connectivity index (χ3v) is 3.44. The minimum absolute atomic E-state index is 0.254. The molecule has 0 fully saturated rings. The highest BCUT2D eigenvalue weighted by Gasteiger charge is 2.21. The first-order valence-corrected chi connectivity index (χ1v) is 6.71. The lowest BCUT2D eigenvalue weighted by Crippen LogP contribution is -2.21. The van der Waals surface area contributed by atoms with Gasteiger partial charge in [-0.15, -0.1) is 11.6 Å². The molecular weight excluding hydrogens is 263 g/mol. The van der Waals surface area contributed by atoms with Crippen LogP contribution in [0.2, 0.25) is 0 Å². The number of alkyl halides is 1. The van der Waals surface area contributed by atoms with Gasteiger partial charge in [-0.1, -0.05) is 36.4 Å². The summed E-state index contributed by atoms with van der Waals surface area (Å²) in [7, 11) is 0. The van der Waals surface area contributed by atoms with Crippen LogP contribution in [0.5, 0.6) is 0 Å². The van der Waals surface area contributed by atoms with Crippen molar-refractivity contribution < 1.29 is 9.50 Å². The second-order valence-corrected chi connectivity index (χ2v) is 5.18. The van der Waals surface area contributed by atoms with Crippen LogP contribution in [0, 0.1) is 5.82 Å². The third-order valence-electron chi connectivity index (χ3n) is 3.25. The first-order valence-electron chi connectivity index (χ1n) is 6.18. The van der Waals surface area contributed by atoms with Crippen molar-refractivity contribution in [2.45, 2.75) is 18.9 Å². The quantitative estimate of drug-likeness (QED) is 0.826. The van der Waals surface area contributed by atoms with Crippen LogP contribution < -0.4 is 0 Å². The Balaban J connectivity index is 2.28. The van der Waals surface area contributed by atoms with Crippen molar-refractivity contribution in [1.82, 2.24) is 0 Å². The molecule has 2 aromatic rings. The standard InChI is InChI=1S/C16H16ClFO/c1-16(19,9-10-17)14-7-5-12(6-8-14)13-3-2-4-15(18)11-13/h2-8,11,19H,9-10H2,1H3. The summed E-state index contributed by atoms with van der Waals surface area (Å²) in [5.41, 5.74) is 1.63. The van der Waals surface area contributed by atoms with E-state index in [0.29, 0.717) is 12.3 Å². The average Bonchev–Trinajstić information content (AvgIpc) is 2.39. The molecule has 100 valence electrons. The molecule has 3 heteroatoms. The van der Waals surface area contributed by atoms with Crippen molar-refractivity contribution in [3.05, 3.63) is 59.9 Å².